The molecule has 3 rings (SSSR count). The first-order valence-electron chi connectivity index (χ1n) is 5.28. The summed E-state index contributed by atoms with van der Waals surface area (Å²) in [5.74, 6) is -0.0148. The maximum atomic E-state index is 9.69. The van der Waals surface area contributed by atoms with Crippen LogP contribution in [-0.4, -0.2) is 5.11 Å². The fraction of sp³-hybridized carbons (Fsp3) is 0. The smallest absolute Gasteiger partial charge is 0.291 e. The molecule has 84 valence electrons. The Morgan fingerprint density at radius 3 is 2.24 bits per heavy atom. The van der Waals surface area contributed by atoms with Crippen LogP contribution in [0.3, 0.4) is 0 Å². The average Bonchev–Trinajstić information content (AvgIpc) is 2.69. The molecule has 0 saturated heterocycles. The molecule has 0 aliphatic carbocycles. The highest BCUT2D eigenvalue weighted by atomic mass is 32.2. The molecule has 0 fully saturated rings. The van der Waals surface area contributed by atoms with Crippen molar-refractivity contribution in [2.24, 2.45) is 0 Å². The van der Waals surface area contributed by atoms with Crippen molar-refractivity contribution in [2.75, 3.05) is 0 Å². The van der Waals surface area contributed by atoms with Gasteiger partial charge in [0, 0.05) is 10.3 Å². The van der Waals surface area contributed by atoms with E-state index in [-0.39, 0.29) is 5.95 Å². The molecule has 0 aliphatic heterocycles. The Morgan fingerprint density at radius 1 is 0.824 bits per heavy atom. The quantitative estimate of drug-likeness (QED) is 0.727. The van der Waals surface area contributed by atoms with Gasteiger partial charge in [0.15, 0.2) is 5.09 Å². The van der Waals surface area contributed by atoms with Gasteiger partial charge in [-0.1, -0.05) is 42.1 Å². The zero-order valence-corrected chi connectivity index (χ0v) is 9.78. The lowest BCUT2D eigenvalue weighted by Crippen LogP contribution is -1.70. The van der Waals surface area contributed by atoms with Crippen LogP contribution in [0, 0.1) is 0 Å². The highest BCUT2D eigenvalue weighted by molar-refractivity contribution is 7.99. The highest BCUT2D eigenvalue weighted by Crippen LogP contribution is 2.39. The van der Waals surface area contributed by atoms with Gasteiger partial charge in [0.1, 0.15) is 0 Å². The standard InChI is InChI=1S/C14H10O2S/c15-13-11-8-4-5-9-12(11)14(16-13)17-10-6-2-1-3-7-10/h1-9,15H. The van der Waals surface area contributed by atoms with Crippen LogP contribution in [0.15, 0.2) is 69.0 Å². The van der Waals surface area contributed by atoms with Gasteiger partial charge in [-0.2, -0.15) is 0 Å². The first kappa shape index (κ1) is 10.3. The molecule has 3 aromatic rings. The Labute approximate surface area is 103 Å². The molecule has 0 amide bonds. The van der Waals surface area contributed by atoms with E-state index in [1.807, 2.05) is 54.6 Å². The van der Waals surface area contributed by atoms with Crippen LogP contribution < -0.4 is 0 Å². The van der Waals surface area contributed by atoms with E-state index in [0.717, 1.165) is 20.8 Å². The van der Waals surface area contributed by atoms with Gasteiger partial charge in [-0.05, 0) is 24.3 Å². The molecule has 1 N–H and O–H groups in total. The lowest BCUT2D eigenvalue weighted by molar-refractivity contribution is 0.306. The van der Waals surface area contributed by atoms with Gasteiger partial charge < -0.3 is 9.52 Å². The fourth-order valence-corrected chi connectivity index (χ4v) is 2.63. The Kier molecular flexibility index (Phi) is 2.53. The Bertz CT molecular complexity index is 644. The van der Waals surface area contributed by atoms with Crippen molar-refractivity contribution in [3.63, 3.8) is 0 Å². The number of rotatable bonds is 2. The van der Waals surface area contributed by atoms with Crippen LogP contribution in [-0.2, 0) is 0 Å². The van der Waals surface area contributed by atoms with Gasteiger partial charge in [0.25, 0.3) is 5.95 Å². The second kappa shape index (κ2) is 4.18. The van der Waals surface area contributed by atoms with Crippen LogP contribution in [0.1, 0.15) is 0 Å². The van der Waals surface area contributed by atoms with Crippen molar-refractivity contribution in [3.8, 4) is 5.95 Å². The summed E-state index contributed by atoms with van der Waals surface area (Å²) in [5, 5.41) is 12.1. The number of hydrogen-bond acceptors (Lipinski definition) is 3. The third kappa shape index (κ3) is 1.89. The van der Waals surface area contributed by atoms with E-state index < -0.39 is 0 Å². The molecule has 0 aliphatic rings. The van der Waals surface area contributed by atoms with E-state index in [2.05, 4.69) is 0 Å². The topological polar surface area (TPSA) is 33.4 Å². The van der Waals surface area contributed by atoms with Crippen molar-refractivity contribution >= 4 is 22.5 Å². The molecule has 0 saturated carbocycles. The Balaban J connectivity index is 2.07. The molecular formula is C14H10O2S. The van der Waals surface area contributed by atoms with Gasteiger partial charge in [0.2, 0.25) is 0 Å². The molecule has 17 heavy (non-hydrogen) atoms. The summed E-state index contributed by atoms with van der Waals surface area (Å²) in [6, 6.07) is 17.6. The molecule has 1 heterocycles. The van der Waals surface area contributed by atoms with Crippen molar-refractivity contribution in [1.29, 1.82) is 0 Å². The number of hydrogen-bond donors (Lipinski definition) is 1. The largest absolute Gasteiger partial charge is 0.480 e. The van der Waals surface area contributed by atoms with Crippen molar-refractivity contribution in [1.82, 2.24) is 0 Å². The molecule has 3 heteroatoms. The van der Waals surface area contributed by atoms with E-state index in [1.54, 1.807) is 0 Å². The molecule has 2 nitrogen and oxygen atoms in total. The van der Waals surface area contributed by atoms with Gasteiger partial charge in [-0.25, -0.2) is 0 Å². The van der Waals surface area contributed by atoms with Crippen LogP contribution >= 0.6 is 11.8 Å². The minimum atomic E-state index is -0.0148. The zero-order valence-electron chi connectivity index (χ0n) is 8.96. The summed E-state index contributed by atoms with van der Waals surface area (Å²) in [7, 11) is 0. The second-order valence-electron chi connectivity index (χ2n) is 3.66. The number of benzene rings is 2. The minimum Gasteiger partial charge on any atom is -0.480 e. The molecule has 0 atom stereocenters. The summed E-state index contributed by atoms with van der Waals surface area (Å²) in [6.45, 7) is 0. The van der Waals surface area contributed by atoms with Gasteiger partial charge in [-0.15, -0.1) is 0 Å². The first-order chi connectivity index (χ1) is 8.34. The number of furan rings is 1. The Morgan fingerprint density at radius 2 is 1.47 bits per heavy atom. The minimum absolute atomic E-state index is 0.0148. The monoisotopic (exact) mass is 242 g/mol. The second-order valence-corrected chi connectivity index (χ2v) is 4.70. The summed E-state index contributed by atoms with van der Waals surface area (Å²) in [4.78, 5) is 1.09. The van der Waals surface area contributed by atoms with E-state index in [9.17, 15) is 5.11 Å². The third-order valence-electron chi connectivity index (χ3n) is 2.52. The molecule has 0 unspecified atom stereocenters. The summed E-state index contributed by atoms with van der Waals surface area (Å²) < 4.78 is 5.39. The van der Waals surface area contributed by atoms with Gasteiger partial charge >= 0.3 is 0 Å². The SMILES string of the molecule is Oc1oc(Sc2ccccc2)c2ccccc12. The maximum Gasteiger partial charge on any atom is 0.291 e. The van der Waals surface area contributed by atoms with E-state index in [4.69, 9.17) is 4.42 Å². The lowest BCUT2D eigenvalue weighted by Gasteiger charge is -1.97. The third-order valence-corrected chi connectivity index (χ3v) is 3.52. The Hall–Kier alpha value is -1.87. The van der Waals surface area contributed by atoms with E-state index >= 15 is 0 Å². The normalized spacial score (nSPS) is 10.8. The molecular weight excluding hydrogens is 232 g/mol. The molecule has 1 aromatic heterocycles. The van der Waals surface area contributed by atoms with Crippen LogP contribution in [0.2, 0.25) is 0 Å². The van der Waals surface area contributed by atoms with Crippen molar-refractivity contribution in [3.05, 3.63) is 54.6 Å². The van der Waals surface area contributed by atoms with Crippen LogP contribution in [0.5, 0.6) is 5.95 Å². The van der Waals surface area contributed by atoms with Crippen LogP contribution in [0.25, 0.3) is 10.8 Å². The highest BCUT2D eigenvalue weighted by Gasteiger charge is 2.12. The average molecular weight is 242 g/mol. The molecule has 0 bridgehead atoms. The lowest BCUT2D eigenvalue weighted by atomic mass is 10.2. The maximum absolute atomic E-state index is 9.69. The van der Waals surface area contributed by atoms with E-state index in [0.29, 0.717) is 0 Å². The number of aromatic hydroxyl groups is 1. The molecule has 0 spiro atoms. The predicted octanol–water partition coefficient (Wildman–Crippen LogP) is 4.29. The first-order valence-corrected chi connectivity index (χ1v) is 6.09. The predicted molar refractivity (Wildman–Crippen MR) is 68.4 cm³/mol. The molecule has 2 aromatic carbocycles. The summed E-state index contributed by atoms with van der Waals surface area (Å²) in [5.41, 5.74) is 0. The number of fused-ring (bicyclic) bond motifs is 1. The zero-order chi connectivity index (χ0) is 11.7. The molecule has 0 radical (unpaired) electrons. The van der Waals surface area contributed by atoms with Crippen LogP contribution in [0.4, 0.5) is 0 Å². The summed E-state index contributed by atoms with van der Waals surface area (Å²) >= 11 is 1.51. The summed E-state index contributed by atoms with van der Waals surface area (Å²) in [6.07, 6.45) is 0. The van der Waals surface area contributed by atoms with Gasteiger partial charge in [-0.3, -0.25) is 0 Å². The fourth-order valence-electron chi connectivity index (χ4n) is 1.72. The van der Waals surface area contributed by atoms with Gasteiger partial charge in [0.05, 0.1) is 5.39 Å². The van der Waals surface area contributed by atoms with Crippen molar-refractivity contribution in [2.45, 2.75) is 9.99 Å². The van der Waals surface area contributed by atoms with Crippen molar-refractivity contribution < 1.29 is 9.52 Å². The van der Waals surface area contributed by atoms with E-state index in [1.165, 1.54) is 11.8 Å².